The summed E-state index contributed by atoms with van der Waals surface area (Å²) in [6.07, 6.45) is 1.26. The molecule has 96 valence electrons. The van der Waals surface area contributed by atoms with Crippen LogP contribution in [-0.2, 0) is 11.3 Å². The van der Waals surface area contributed by atoms with E-state index in [1.165, 1.54) is 0 Å². The van der Waals surface area contributed by atoms with Gasteiger partial charge in [-0.2, -0.15) is 0 Å². The van der Waals surface area contributed by atoms with E-state index in [-0.39, 0.29) is 5.78 Å². The number of nitrogens with zero attached hydrogens (tertiary/aromatic N) is 1. The zero-order chi connectivity index (χ0) is 12.8. The molecular formula is C13H20ClNO2. The number of rotatable bonds is 7. The van der Waals surface area contributed by atoms with Crippen molar-refractivity contribution in [2.45, 2.75) is 33.2 Å². The van der Waals surface area contributed by atoms with Crippen LogP contribution in [0.25, 0.3) is 0 Å². The topological polar surface area (TPSA) is 31.2 Å². The minimum atomic E-state index is 0.183. The molecule has 1 aromatic heterocycles. The maximum atomic E-state index is 12.0. The van der Waals surface area contributed by atoms with Gasteiger partial charge < -0.3 is 9.30 Å². The Morgan fingerprint density at radius 3 is 2.76 bits per heavy atom. The van der Waals surface area contributed by atoms with Gasteiger partial charge in [0.25, 0.3) is 0 Å². The van der Waals surface area contributed by atoms with Crippen LogP contribution in [-0.4, -0.2) is 29.9 Å². The molecule has 1 aromatic rings. The fourth-order valence-electron chi connectivity index (χ4n) is 1.97. The second-order valence-electron chi connectivity index (χ2n) is 4.14. The van der Waals surface area contributed by atoms with Gasteiger partial charge in [-0.1, -0.05) is 0 Å². The van der Waals surface area contributed by atoms with Crippen molar-refractivity contribution < 1.29 is 9.53 Å². The number of methoxy groups -OCH3 is 1. The molecule has 1 rings (SSSR count). The van der Waals surface area contributed by atoms with Gasteiger partial charge in [-0.25, -0.2) is 0 Å². The zero-order valence-electron chi connectivity index (χ0n) is 10.8. The van der Waals surface area contributed by atoms with Gasteiger partial charge in [-0.05, 0) is 26.3 Å². The Balaban J connectivity index is 2.83. The molecule has 0 spiro atoms. The zero-order valence-corrected chi connectivity index (χ0v) is 11.5. The summed E-state index contributed by atoms with van der Waals surface area (Å²) in [6.45, 7) is 5.44. The molecule has 17 heavy (non-hydrogen) atoms. The van der Waals surface area contributed by atoms with Gasteiger partial charge in [-0.15, -0.1) is 11.6 Å². The van der Waals surface area contributed by atoms with Gasteiger partial charge in [0.2, 0.25) is 0 Å². The van der Waals surface area contributed by atoms with Crippen LogP contribution in [0.1, 0.15) is 34.6 Å². The molecule has 0 aliphatic heterocycles. The summed E-state index contributed by atoms with van der Waals surface area (Å²) in [6, 6.07) is 1.96. The van der Waals surface area contributed by atoms with E-state index in [2.05, 4.69) is 4.57 Å². The molecule has 0 unspecified atom stereocenters. The summed E-state index contributed by atoms with van der Waals surface area (Å²) in [5, 5.41) is 0. The number of halogens is 1. The van der Waals surface area contributed by atoms with Gasteiger partial charge in [-0.3, -0.25) is 4.79 Å². The van der Waals surface area contributed by atoms with Crippen LogP contribution in [0.5, 0.6) is 0 Å². The summed E-state index contributed by atoms with van der Waals surface area (Å²) in [4.78, 5) is 12.0. The molecule has 1 heterocycles. The van der Waals surface area contributed by atoms with Crippen LogP contribution < -0.4 is 0 Å². The van der Waals surface area contributed by atoms with Gasteiger partial charge in [0.05, 0.1) is 6.61 Å². The Hall–Kier alpha value is -0.800. The van der Waals surface area contributed by atoms with Crippen LogP contribution in [0.15, 0.2) is 6.07 Å². The molecule has 0 radical (unpaired) electrons. The number of carbonyl (C=O) groups excluding carboxylic acids is 1. The molecule has 4 heteroatoms. The van der Waals surface area contributed by atoms with Crippen LogP contribution in [0.2, 0.25) is 0 Å². The SMILES string of the molecule is COCCn1c(C)cc(C(=O)CCCCl)c1C. The molecule has 0 saturated heterocycles. The number of aryl methyl sites for hydroxylation is 1. The standard InChI is InChI=1S/C13H20ClNO2/c1-10-9-12(13(16)5-4-6-14)11(2)15(10)7-8-17-3/h9H,4-8H2,1-3H3. The Morgan fingerprint density at radius 1 is 1.47 bits per heavy atom. The van der Waals surface area contributed by atoms with E-state index in [0.717, 1.165) is 29.9 Å². The first kappa shape index (κ1) is 14.3. The first-order chi connectivity index (χ1) is 8.11. The van der Waals surface area contributed by atoms with Crippen molar-refractivity contribution in [2.24, 2.45) is 0 Å². The van der Waals surface area contributed by atoms with Crippen molar-refractivity contribution >= 4 is 17.4 Å². The van der Waals surface area contributed by atoms with E-state index < -0.39 is 0 Å². The van der Waals surface area contributed by atoms with Gasteiger partial charge >= 0.3 is 0 Å². The third-order valence-corrected chi connectivity index (χ3v) is 3.20. The van der Waals surface area contributed by atoms with Crippen molar-refractivity contribution in [3.8, 4) is 0 Å². The highest BCUT2D eigenvalue weighted by atomic mass is 35.5. The van der Waals surface area contributed by atoms with Gasteiger partial charge in [0.15, 0.2) is 5.78 Å². The fraction of sp³-hybridized carbons (Fsp3) is 0.615. The molecule has 0 fully saturated rings. The average Bonchev–Trinajstić information content (AvgIpc) is 2.60. The summed E-state index contributed by atoms with van der Waals surface area (Å²) in [7, 11) is 1.68. The number of ether oxygens (including phenoxy) is 1. The van der Waals surface area contributed by atoms with Crippen LogP contribution in [0.4, 0.5) is 0 Å². The number of aromatic nitrogens is 1. The quantitative estimate of drug-likeness (QED) is 0.556. The number of hydrogen-bond acceptors (Lipinski definition) is 2. The smallest absolute Gasteiger partial charge is 0.164 e. The molecule has 0 N–H and O–H groups in total. The van der Waals surface area contributed by atoms with Crippen LogP contribution in [0.3, 0.4) is 0 Å². The Bertz CT molecular complexity index is 385. The van der Waals surface area contributed by atoms with Crippen LogP contribution >= 0.6 is 11.6 Å². The largest absolute Gasteiger partial charge is 0.383 e. The Kier molecular flexibility index (Phi) is 5.72. The van der Waals surface area contributed by atoms with E-state index in [4.69, 9.17) is 16.3 Å². The summed E-state index contributed by atoms with van der Waals surface area (Å²) in [5.41, 5.74) is 2.96. The molecule has 0 bridgehead atoms. The first-order valence-corrected chi connectivity index (χ1v) is 6.40. The predicted octanol–water partition coefficient (Wildman–Crippen LogP) is 2.95. The first-order valence-electron chi connectivity index (χ1n) is 5.86. The number of Topliss-reactive ketones (excluding diaryl/α,β-unsaturated/α-hetero) is 1. The normalized spacial score (nSPS) is 10.8. The lowest BCUT2D eigenvalue weighted by Crippen LogP contribution is -2.09. The van der Waals surface area contributed by atoms with Crippen molar-refractivity contribution in [2.75, 3.05) is 19.6 Å². The lowest BCUT2D eigenvalue weighted by Gasteiger charge is -2.08. The minimum absolute atomic E-state index is 0.183. The van der Waals surface area contributed by atoms with Crippen molar-refractivity contribution in [1.29, 1.82) is 0 Å². The van der Waals surface area contributed by atoms with Gasteiger partial charge in [0, 0.05) is 42.9 Å². The number of carbonyl (C=O) groups is 1. The third kappa shape index (κ3) is 3.58. The molecule has 0 aliphatic carbocycles. The molecule has 0 saturated carbocycles. The molecule has 3 nitrogen and oxygen atoms in total. The maximum absolute atomic E-state index is 12.0. The fourth-order valence-corrected chi connectivity index (χ4v) is 2.11. The van der Waals surface area contributed by atoms with Crippen molar-refractivity contribution in [3.63, 3.8) is 0 Å². The van der Waals surface area contributed by atoms with Crippen molar-refractivity contribution in [3.05, 3.63) is 23.0 Å². The Labute approximate surface area is 108 Å². The summed E-state index contributed by atoms with van der Waals surface area (Å²) in [5.74, 6) is 0.719. The number of alkyl halides is 1. The summed E-state index contributed by atoms with van der Waals surface area (Å²) < 4.78 is 7.19. The second-order valence-corrected chi connectivity index (χ2v) is 4.52. The molecule has 0 aliphatic rings. The lowest BCUT2D eigenvalue weighted by molar-refractivity contribution is 0.0981. The highest BCUT2D eigenvalue weighted by Crippen LogP contribution is 2.17. The predicted molar refractivity (Wildman–Crippen MR) is 70.1 cm³/mol. The molecule has 0 aromatic carbocycles. The van der Waals surface area contributed by atoms with E-state index in [0.29, 0.717) is 18.9 Å². The lowest BCUT2D eigenvalue weighted by atomic mass is 10.1. The van der Waals surface area contributed by atoms with E-state index in [1.54, 1.807) is 7.11 Å². The van der Waals surface area contributed by atoms with E-state index in [1.807, 2.05) is 19.9 Å². The highest BCUT2D eigenvalue weighted by Gasteiger charge is 2.14. The third-order valence-electron chi connectivity index (χ3n) is 2.93. The average molecular weight is 258 g/mol. The van der Waals surface area contributed by atoms with Crippen molar-refractivity contribution in [1.82, 2.24) is 4.57 Å². The van der Waals surface area contributed by atoms with E-state index >= 15 is 0 Å². The molecule has 0 amide bonds. The molecule has 0 atom stereocenters. The number of hydrogen-bond donors (Lipinski definition) is 0. The van der Waals surface area contributed by atoms with E-state index in [9.17, 15) is 4.79 Å². The molecular weight excluding hydrogens is 238 g/mol. The summed E-state index contributed by atoms with van der Waals surface area (Å²) >= 11 is 5.60. The van der Waals surface area contributed by atoms with Crippen LogP contribution in [0, 0.1) is 13.8 Å². The minimum Gasteiger partial charge on any atom is -0.383 e. The highest BCUT2D eigenvalue weighted by molar-refractivity contribution is 6.18. The monoisotopic (exact) mass is 257 g/mol. The van der Waals surface area contributed by atoms with Gasteiger partial charge in [0.1, 0.15) is 0 Å². The second kappa shape index (κ2) is 6.82. The maximum Gasteiger partial charge on any atom is 0.164 e. The Morgan fingerprint density at radius 2 is 2.18 bits per heavy atom. The number of ketones is 1.